The predicted octanol–water partition coefficient (Wildman–Crippen LogP) is 6.18. The molecule has 2 aromatic carbocycles. The maximum absolute atomic E-state index is 13.8. The van der Waals surface area contributed by atoms with Gasteiger partial charge in [-0.05, 0) is 55.5 Å². The molecule has 36 heavy (non-hydrogen) atoms. The van der Waals surface area contributed by atoms with Crippen molar-refractivity contribution in [3.63, 3.8) is 0 Å². The summed E-state index contributed by atoms with van der Waals surface area (Å²) < 4.78 is 16.4. The summed E-state index contributed by atoms with van der Waals surface area (Å²) in [5.74, 6) is -0.901. The number of hydrogen-bond acceptors (Lipinski definition) is 6. The Balaban J connectivity index is 1.81. The average molecular weight is 530 g/mol. The van der Waals surface area contributed by atoms with Gasteiger partial charge >= 0.3 is 5.97 Å². The molecule has 1 aliphatic carbocycles. The van der Waals surface area contributed by atoms with Crippen LogP contribution in [-0.2, 0) is 14.3 Å². The fraction of sp³-hybridized carbons (Fsp3) is 0.357. The average Bonchev–Trinajstić information content (AvgIpc) is 2.83. The Kier molecular flexibility index (Phi) is 7.67. The Labute approximate surface area is 221 Å². The van der Waals surface area contributed by atoms with Crippen LogP contribution >= 0.6 is 23.2 Å². The van der Waals surface area contributed by atoms with Crippen LogP contribution in [0.5, 0.6) is 11.5 Å². The number of benzene rings is 2. The first-order chi connectivity index (χ1) is 17.2. The van der Waals surface area contributed by atoms with Crippen LogP contribution in [0.15, 0.2) is 59.9 Å². The van der Waals surface area contributed by atoms with Gasteiger partial charge in [-0.3, -0.25) is 9.59 Å². The van der Waals surface area contributed by atoms with Crippen molar-refractivity contribution in [1.82, 2.24) is 5.32 Å². The van der Waals surface area contributed by atoms with Crippen LogP contribution in [0.3, 0.4) is 0 Å². The van der Waals surface area contributed by atoms with E-state index in [0.717, 1.165) is 11.3 Å². The molecule has 1 aliphatic heterocycles. The molecule has 0 saturated carbocycles. The van der Waals surface area contributed by atoms with Gasteiger partial charge < -0.3 is 19.5 Å². The molecule has 8 heteroatoms. The van der Waals surface area contributed by atoms with E-state index in [0.29, 0.717) is 44.8 Å². The maximum Gasteiger partial charge on any atom is 0.316 e. The molecule has 0 aromatic heterocycles. The summed E-state index contributed by atoms with van der Waals surface area (Å²) in [7, 11) is 3.16. The lowest BCUT2D eigenvalue weighted by molar-refractivity contribution is -0.151. The Morgan fingerprint density at radius 2 is 1.81 bits per heavy atom. The molecule has 0 saturated heterocycles. The highest BCUT2D eigenvalue weighted by molar-refractivity contribution is 6.42. The minimum atomic E-state index is -0.830. The molecule has 190 valence electrons. The summed E-state index contributed by atoms with van der Waals surface area (Å²) in [6.45, 7) is 7.71. The van der Waals surface area contributed by atoms with Crippen molar-refractivity contribution < 1.29 is 23.8 Å². The molecule has 2 aromatic rings. The van der Waals surface area contributed by atoms with Gasteiger partial charge in [-0.1, -0.05) is 48.0 Å². The monoisotopic (exact) mass is 529 g/mol. The number of hydrogen-bond donors (Lipinski definition) is 1. The molecule has 1 N–H and O–H groups in total. The normalized spacial score (nSPS) is 21.7. The number of rotatable bonds is 6. The molecular weight excluding hydrogens is 501 g/mol. The lowest BCUT2D eigenvalue weighted by Gasteiger charge is -2.40. The second-order valence-electron chi connectivity index (χ2n) is 9.27. The van der Waals surface area contributed by atoms with Crippen LogP contribution in [0.4, 0.5) is 0 Å². The Morgan fingerprint density at radius 3 is 2.47 bits per heavy atom. The highest BCUT2D eigenvalue weighted by Crippen LogP contribution is 2.49. The van der Waals surface area contributed by atoms with Crippen LogP contribution in [0.2, 0.25) is 10.0 Å². The lowest BCUT2D eigenvalue weighted by atomic mass is 9.69. The zero-order valence-corrected chi connectivity index (χ0v) is 22.2. The van der Waals surface area contributed by atoms with Gasteiger partial charge in [0.2, 0.25) is 0 Å². The van der Waals surface area contributed by atoms with E-state index in [9.17, 15) is 9.59 Å². The molecule has 0 bridgehead atoms. The van der Waals surface area contributed by atoms with Crippen molar-refractivity contribution >= 4 is 35.0 Å². The summed E-state index contributed by atoms with van der Waals surface area (Å²) in [5.41, 5.74) is 3.27. The van der Waals surface area contributed by atoms with Gasteiger partial charge in [0.25, 0.3) is 0 Å². The molecule has 2 aliphatic rings. The zero-order valence-electron chi connectivity index (χ0n) is 20.7. The van der Waals surface area contributed by atoms with E-state index in [2.05, 4.69) is 11.9 Å². The summed E-state index contributed by atoms with van der Waals surface area (Å²) >= 11 is 13.0. The van der Waals surface area contributed by atoms with Gasteiger partial charge in [0.15, 0.2) is 17.3 Å². The third-order valence-corrected chi connectivity index (χ3v) is 7.47. The number of ketones is 1. The summed E-state index contributed by atoms with van der Waals surface area (Å²) in [4.78, 5) is 27.0. The van der Waals surface area contributed by atoms with Gasteiger partial charge in [-0.25, -0.2) is 0 Å². The third kappa shape index (κ3) is 4.84. The number of allylic oxidation sites excluding steroid dienone is 2. The first-order valence-electron chi connectivity index (χ1n) is 11.7. The van der Waals surface area contributed by atoms with Gasteiger partial charge in [-0.2, -0.15) is 0 Å². The second-order valence-corrected chi connectivity index (χ2v) is 10.1. The smallest absolute Gasteiger partial charge is 0.316 e. The van der Waals surface area contributed by atoms with Gasteiger partial charge in [0, 0.05) is 29.3 Å². The number of ether oxygens (including phenoxy) is 3. The predicted molar refractivity (Wildman–Crippen MR) is 140 cm³/mol. The summed E-state index contributed by atoms with van der Waals surface area (Å²) in [6.07, 6.45) is 0.493. The molecule has 0 radical (unpaired) electrons. The Bertz CT molecular complexity index is 1250. The molecule has 0 fully saturated rings. The highest BCUT2D eigenvalue weighted by atomic mass is 35.5. The minimum absolute atomic E-state index is 0.0700. The van der Waals surface area contributed by atoms with Crippen LogP contribution in [0.1, 0.15) is 49.7 Å². The van der Waals surface area contributed by atoms with Crippen molar-refractivity contribution in [2.75, 3.05) is 14.2 Å². The highest BCUT2D eigenvalue weighted by Gasteiger charge is 2.46. The largest absolute Gasteiger partial charge is 0.493 e. The molecule has 0 spiro atoms. The first-order valence-corrected chi connectivity index (χ1v) is 12.5. The van der Waals surface area contributed by atoms with Crippen molar-refractivity contribution in [2.24, 2.45) is 5.92 Å². The van der Waals surface area contributed by atoms with E-state index in [-0.39, 0.29) is 24.2 Å². The van der Waals surface area contributed by atoms with Crippen LogP contribution < -0.4 is 14.8 Å². The topological polar surface area (TPSA) is 73.9 Å². The van der Waals surface area contributed by atoms with Crippen molar-refractivity contribution in [3.8, 4) is 11.5 Å². The third-order valence-electron chi connectivity index (χ3n) is 6.64. The lowest BCUT2D eigenvalue weighted by Crippen LogP contribution is -2.42. The van der Waals surface area contributed by atoms with E-state index in [1.807, 2.05) is 18.2 Å². The minimum Gasteiger partial charge on any atom is -0.493 e. The molecule has 1 heterocycles. The number of methoxy groups -OCH3 is 2. The standard InChI is InChI=1S/C28H29Cl2NO5/c1-14(2)36-28(33)24-15(3)31-20-11-17(16-9-10-22(34-4)23(13-16)35-5)12-21(32)26(20)25(24)18-7-6-8-19(29)27(18)30/h6-10,13-14,17,24-25,31H,3,11-12H2,1-2,4-5H3. The number of nitrogens with one attached hydrogen (secondary N) is 1. The van der Waals surface area contributed by atoms with Crippen molar-refractivity contribution in [2.45, 2.75) is 44.6 Å². The van der Waals surface area contributed by atoms with E-state index >= 15 is 0 Å². The molecule has 3 atom stereocenters. The van der Waals surface area contributed by atoms with Crippen LogP contribution in [-0.4, -0.2) is 32.1 Å². The first kappa shape index (κ1) is 26.1. The Hall–Kier alpha value is -2.96. The fourth-order valence-electron chi connectivity index (χ4n) is 5.07. The van der Waals surface area contributed by atoms with E-state index in [1.165, 1.54) is 0 Å². The van der Waals surface area contributed by atoms with Gasteiger partial charge in [0.1, 0.15) is 5.92 Å². The fourth-order valence-corrected chi connectivity index (χ4v) is 5.50. The maximum atomic E-state index is 13.8. The van der Waals surface area contributed by atoms with Crippen molar-refractivity contribution in [3.05, 3.63) is 81.1 Å². The van der Waals surface area contributed by atoms with E-state index < -0.39 is 17.8 Å². The molecule has 3 unspecified atom stereocenters. The number of halogens is 2. The molecule has 0 amide bonds. The Morgan fingerprint density at radius 1 is 1.08 bits per heavy atom. The van der Waals surface area contributed by atoms with Crippen molar-refractivity contribution in [1.29, 1.82) is 0 Å². The zero-order chi connectivity index (χ0) is 26.1. The van der Waals surface area contributed by atoms with E-state index in [1.54, 1.807) is 46.3 Å². The molecular formula is C28H29Cl2NO5. The number of esters is 1. The molecule has 6 nitrogen and oxygen atoms in total. The van der Waals surface area contributed by atoms with Gasteiger partial charge in [0.05, 0.1) is 30.4 Å². The summed E-state index contributed by atoms with van der Waals surface area (Å²) in [5, 5.41) is 3.93. The summed E-state index contributed by atoms with van der Waals surface area (Å²) in [6, 6.07) is 10.9. The van der Waals surface area contributed by atoms with E-state index in [4.69, 9.17) is 37.4 Å². The SMILES string of the molecule is C=C1NC2=C(C(=O)CC(c3ccc(OC)c(OC)c3)C2)C(c2cccc(Cl)c2Cl)C1C(=O)OC(C)C. The quantitative estimate of drug-likeness (QED) is 0.450. The molecule has 4 rings (SSSR count). The number of Topliss-reactive ketones (excluding diaryl/α,β-unsaturated/α-hetero) is 1. The van der Waals surface area contributed by atoms with Gasteiger partial charge in [-0.15, -0.1) is 0 Å². The van der Waals surface area contributed by atoms with Crippen LogP contribution in [0, 0.1) is 5.92 Å². The van der Waals surface area contributed by atoms with Crippen LogP contribution in [0.25, 0.3) is 0 Å². The number of carbonyl (C=O) groups is 2. The number of carbonyl (C=O) groups excluding carboxylic acids is 2. The second kappa shape index (κ2) is 10.6.